The molecule has 0 radical (unpaired) electrons. The third-order valence-corrected chi connectivity index (χ3v) is 4.41. The molecule has 0 bridgehead atoms. The first kappa shape index (κ1) is 16.8. The molecule has 22 heavy (non-hydrogen) atoms. The molecule has 122 valence electrons. The van der Waals surface area contributed by atoms with Gasteiger partial charge in [-0.1, -0.05) is 19.9 Å². The topological polar surface area (TPSA) is 41.6 Å². The molecule has 1 fully saturated rings. The molecule has 0 aromatic heterocycles. The molecule has 1 saturated heterocycles. The quantitative estimate of drug-likeness (QED) is 0.909. The van der Waals surface area contributed by atoms with Crippen LogP contribution < -0.4 is 10.1 Å². The number of piperidine rings is 1. The van der Waals surface area contributed by atoms with Gasteiger partial charge >= 0.3 is 0 Å². The molecule has 0 aliphatic carbocycles. The maximum atomic E-state index is 12.3. The molecular weight excluding hydrogens is 276 g/mol. The number of aryl methyl sites for hydroxylation is 1. The zero-order valence-electron chi connectivity index (χ0n) is 14.2. The van der Waals surface area contributed by atoms with Crippen molar-refractivity contribution in [1.29, 1.82) is 0 Å². The summed E-state index contributed by atoms with van der Waals surface area (Å²) in [4.78, 5) is 14.2. The van der Waals surface area contributed by atoms with E-state index in [1.54, 1.807) is 0 Å². The fraction of sp³-hybridized carbons (Fsp3) is 0.611. The van der Waals surface area contributed by atoms with Crippen molar-refractivity contribution in [2.75, 3.05) is 26.7 Å². The molecule has 1 amide bonds. The first-order valence-electron chi connectivity index (χ1n) is 8.19. The van der Waals surface area contributed by atoms with E-state index in [1.807, 2.05) is 24.1 Å². The summed E-state index contributed by atoms with van der Waals surface area (Å²) in [5.74, 6) is 1.35. The van der Waals surface area contributed by atoms with E-state index >= 15 is 0 Å². The van der Waals surface area contributed by atoms with Gasteiger partial charge in [0.2, 0.25) is 0 Å². The van der Waals surface area contributed by atoms with Gasteiger partial charge in [0.25, 0.3) is 5.91 Å². The largest absolute Gasteiger partial charge is 0.484 e. The van der Waals surface area contributed by atoms with Gasteiger partial charge in [0, 0.05) is 19.1 Å². The second kappa shape index (κ2) is 7.63. The lowest BCUT2D eigenvalue weighted by molar-refractivity contribution is -0.134. The van der Waals surface area contributed by atoms with E-state index in [4.69, 9.17) is 4.74 Å². The number of hydrogen-bond acceptors (Lipinski definition) is 3. The Labute approximate surface area is 133 Å². The second-order valence-corrected chi connectivity index (χ2v) is 6.43. The SMILES string of the molecule is CNC1CCCN(C(=O)COc2ccc(C(C)C)c(C)c2)C1. The van der Waals surface area contributed by atoms with Crippen LogP contribution in [-0.4, -0.2) is 43.6 Å². The molecule has 4 nitrogen and oxygen atoms in total. The minimum absolute atomic E-state index is 0.0746. The first-order chi connectivity index (χ1) is 10.5. The Morgan fingerprint density at radius 2 is 2.23 bits per heavy atom. The molecule has 1 unspecified atom stereocenters. The highest BCUT2D eigenvalue weighted by atomic mass is 16.5. The summed E-state index contributed by atoms with van der Waals surface area (Å²) in [6.07, 6.45) is 2.19. The van der Waals surface area contributed by atoms with Crippen molar-refractivity contribution < 1.29 is 9.53 Å². The average Bonchev–Trinajstić information content (AvgIpc) is 2.52. The van der Waals surface area contributed by atoms with Gasteiger partial charge in [0.1, 0.15) is 5.75 Å². The second-order valence-electron chi connectivity index (χ2n) is 6.43. The number of carbonyl (C=O) groups is 1. The molecule has 0 saturated carbocycles. The summed E-state index contributed by atoms with van der Waals surface area (Å²) in [6, 6.07) is 6.49. The van der Waals surface area contributed by atoms with Crippen molar-refractivity contribution in [2.24, 2.45) is 0 Å². The molecule has 1 heterocycles. The van der Waals surface area contributed by atoms with E-state index in [0.29, 0.717) is 12.0 Å². The summed E-state index contributed by atoms with van der Waals surface area (Å²) >= 11 is 0. The summed E-state index contributed by atoms with van der Waals surface area (Å²) < 4.78 is 5.69. The number of likely N-dealkylation sites (N-methyl/N-ethyl adjacent to an activating group) is 1. The van der Waals surface area contributed by atoms with Gasteiger partial charge in [0.05, 0.1) is 0 Å². The van der Waals surface area contributed by atoms with Crippen LogP contribution in [0.25, 0.3) is 0 Å². The lowest BCUT2D eigenvalue weighted by Crippen LogP contribution is -2.48. The van der Waals surface area contributed by atoms with E-state index in [9.17, 15) is 4.79 Å². The van der Waals surface area contributed by atoms with Crippen LogP contribution >= 0.6 is 0 Å². The zero-order chi connectivity index (χ0) is 16.1. The van der Waals surface area contributed by atoms with Gasteiger partial charge < -0.3 is 15.0 Å². The highest BCUT2D eigenvalue weighted by Gasteiger charge is 2.22. The number of amides is 1. The van der Waals surface area contributed by atoms with E-state index in [1.165, 1.54) is 11.1 Å². The Morgan fingerprint density at radius 1 is 1.45 bits per heavy atom. The summed E-state index contributed by atoms with van der Waals surface area (Å²) in [5.41, 5.74) is 2.54. The summed E-state index contributed by atoms with van der Waals surface area (Å²) in [7, 11) is 1.95. The molecule has 2 rings (SSSR count). The normalized spacial score (nSPS) is 18.6. The van der Waals surface area contributed by atoms with Crippen molar-refractivity contribution >= 4 is 5.91 Å². The van der Waals surface area contributed by atoms with Gasteiger partial charge in [-0.05, 0) is 56.0 Å². The van der Waals surface area contributed by atoms with Gasteiger partial charge in [-0.3, -0.25) is 4.79 Å². The van der Waals surface area contributed by atoms with Crippen LogP contribution in [0.2, 0.25) is 0 Å². The van der Waals surface area contributed by atoms with Crippen LogP contribution in [0.3, 0.4) is 0 Å². The molecule has 1 N–H and O–H groups in total. The van der Waals surface area contributed by atoms with Crippen LogP contribution in [0, 0.1) is 6.92 Å². The summed E-state index contributed by atoms with van der Waals surface area (Å²) in [6.45, 7) is 8.20. The lowest BCUT2D eigenvalue weighted by Gasteiger charge is -2.32. The Kier molecular flexibility index (Phi) is 5.83. The van der Waals surface area contributed by atoms with Gasteiger partial charge in [-0.2, -0.15) is 0 Å². The van der Waals surface area contributed by atoms with Gasteiger partial charge in [0.15, 0.2) is 6.61 Å². The van der Waals surface area contributed by atoms with E-state index in [0.717, 1.165) is 31.7 Å². The molecule has 1 aliphatic rings. The van der Waals surface area contributed by atoms with Gasteiger partial charge in [-0.15, -0.1) is 0 Å². The highest BCUT2D eigenvalue weighted by Crippen LogP contribution is 2.23. The maximum absolute atomic E-state index is 12.3. The average molecular weight is 304 g/mol. The van der Waals surface area contributed by atoms with Crippen LogP contribution in [0.1, 0.15) is 43.7 Å². The Bertz CT molecular complexity index is 514. The number of hydrogen-bond donors (Lipinski definition) is 1. The van der Waals surface area contributed by atoms with Crippen LogP contribution in [-0.2, 0) is 4.79 Å². The van der Waals surface area contributed by atoms with Crippen molar-refractivity contribution in [2.45, 2.75) is 45.6 Å². The number of rotatable bonds is 5. The molecule has 4 heteroatoms. The molecular formula is C18H28N2O2. The molecule has 1 aromatic carbocycles. The van der Waals surface area contributed by atoms with Crippen LogP contribution in [0.15, 0.2) is 18.2 Å². The van der Waals surface area contributed by atoms with Crippen LogP contribution in [0.4, 0.5) is 0 Å². The zero-order valence-corrected chi connectivity index (χ0v) is 14.2. The smallest absolute Gasteiger partial charge is 0.260 e. The molecule has 1 aromatic rings. The van der Waals surface area contributed by atoms with Crippen molar-refractivity contribution in [3.63, 3.8) is 0 Å². The maximum Gasteiger partial charge on any atom is 0.260 e. The molecule has 0 spiro atoms. The van der Waals surface area contributed by atoms with E-state index in [-0.39, 0.29) is 12.5 Å². The van der Waals surface area contributed by atoms with E-state index < -0.39 is 0 Å². The first-order valence-corrected chi connectivity index (χ1v) is 8.19. The monoisotopic (exact) mass is 304 g/mol. The third-order valence-electron chi connectivity index (χ3n) is 4.41. The number of ether oxygens (including phenoxy) is 1. The van der Waals surface area contributed by atoms with Gasteiger partial charge in [-0.25, -0.2) is 0 Å². The Hall–Kier alpha value is -1.55. The minimum atomic E-state index is 0.0746. The molecule has 1 aliphatic heterocycles. The predicted octanol–water partition coefficient (Wildman–Crippen LogP) is 2.71. The van der Waals surface area contributed by atoms with Crippen molar-refractivity contribution in [3.8, 4) is 5.75 Å². The number of likely N-dealkylation sites (tertiary alicyclic amines) is 1. The fourth-order valence-corrected chi connectivity index (χ4v) is 3.06. The Balaban J connectivity index is 1.89. The fourth-order valence-electron chi connectivity index (χ4n) is 3.06. The molecule has 1 atom stereocenters. The standard InChI is InChI=1S/C18H28N2O2/c1-13(2)17-8-7-16(10-14(17)3)22-12-18(21)20-9-5-6-15(11-20)19-4/h7-8,10,13,15,19H,5-6,9,11-12H2,1-4H3. The summed E-state index contributed by atoms with van der Waals surface area (Å²) in [5, 5.41) is 3.25. The van der Waals surface area contributed by atoms with Crippen molar-refractivity contribution in [3.05, 3.63) is 29.3 Å². The third kappa shape index (κ3) is 4.23. The Morgan fingerprint density at radius 3 is 2.86 bits per heavy atom. The number of carbonyl (C=O) groups excluding carboxylic acids is 1. The number of nitrogens with one attached hydrogen (secondary N) is 1. The predicted molar refractivity (Wildman–Crippen MR) is 89.4 cm³/mol. The number of nitrogens with zero attached hydrogens (tertiary/aromatic N) is 1. The lowest BCUT2D eigenvalue weighted by atomic mass is 9.98. The minimum Gasteiger partial charge on any atom is -0.484 e. The number of benzene rings is 1. The van der Waals surface area contributed by atoms with E-state index in [2.05, 4.69) is 32.2 Å². The highest BCUT2D eigenvalue weighted by molar-refractivity contribution is 5.78. The van der Waals surface area contributed by atoms with Crippen molar-refractivity contribution in [1.82, 2.24) is 10.2 Å². The van der Waals surface area contributed by atoms with Crippen LogP contribution in [0.5, 0.6) is 5.75 Å².